The normalized spacial score (nSPS) is 19.4. The molecule has 0 spiro atoms. The summed E-state index contributed by atoms with van der Waals surface area (Å²) in [7, 11) is -2.44. The summed E-state index contributed by atoms with van der Waals surface area (Å²) in [5, 5.41) is 2.91. The molecule has 0 aromatic heterocycles. The van der Waals surface area contributed by atoms with E-state index in [2.05, 4.69) is 19.2 Å². The van der Waals surface area contributed by atoms with Crippen LogP contribution in [-0.4, -0.2) is 56.8 Å². The van der Waals surface area contributed by atoms with Crippen LogP contribution in [0, 0.1) is 12.8 Å². The maximum atomic E-state index is 13.5. The Morgan fingerprint density at radius 2 is 1.74 bits per heavy atom. The molecule has 0 unspecified atom stereocenters. The molecule has 0 bridgehead atoms. The highest BCUT2D eigenvalue weighted by molar-refractivity contribution is 7.89. The van der Waals surface area contributed by atoms with E-state index in [1.807, 2.05) is 6.92 Å². The Hall–Kier alpha value is -2.91. The third-order valence-electron chi connectivity index (χ3n) is 6.02. The summed E-state index contributed by atoms with van der Waals surface area (Å²) in [6.45, 7) is 7.48. The van der Waals surface area contributed by atoms with Crippen molar-refractivity contribution in [1.82, 2.24) is 9.62 Å². The molecule has 0 aliphatic carbocycles. The van der Waals surface area contributed by atoms with Crippen molar-refractivity contribution >= 4 is 27.5 Å². The Kier molecular flexibility index (Phi) is 7.67. The first-order chi connectivity index (χ1) is 16.0. The summed E-state index contributed by atoms with van der Waals surface area (Å²) in [5.41, 5.74) is -0.0213. The smallest absolute Gasteiger partial charge is 0.247 e. The van der Waals surface area contributed by atoms with E-state index in [9.17, 15) is 18.0 Å². The van der Waals surface area contributed by atoms with Crippen molar-refractivity contribution in [2.45, 2.75) is 44.6 Å². The quantitative estimate of drug-likeness (QED) is 0.618. The van der Waals surface area contributed by atoms with Gasteiger partial charge in [-0.2, -0.15) is 4.31 Å². The zero-order valence-corrected chi connectivity index (χ0v) is 21.2. The minimum absolute atomic E-state index is 0.0892. The Morgan fingerprint density at radius 3 is 2.29 bits per heavy atom. The highest BCUT2D eigenvalue weighted by Crippen LogP contribution is 2.33. The van der Waals surface area contributed by atoms with Gasteiger partial charge in [0, 0.05) is 18.8 Å². The number of benzene rings is 2. The van der Waals surface area contributed by atoms with Crippen LogP contribution in [0.2, 0.25) is 0 Å². The summed E-state index contributed by atoms with van der Waals surface area (Å²) in [4.78, 5) is 28.3. The number of hydrogen-bond donors (Lipinski definition) is 1. The lowest BCUT2D eigenvalue weighted by molar-refractivity contribution is -0.132. The number of methoxy groups -OCH3 is 1. The van der Waals surface area contributed by atoms with Crippen molar-refractivity contribution in [3.05, 3.63) is 54.1 Å². The molecule has 2 aromatic rings. The zero-order valence-electron chi connectivity index (χ0n) is 20.4. The van der Waals surface area contributed by atoms with Crippen LogP contribution in [0.25, 0.3) is 0 Å². The topological polar surface area (TPSA) is 96.0 Å². The van der Waals surface area contributed by atoms with Gasteiger partial charge in [-0.3, -0.25) is 14.5 Å². The number of amides is 2. The summed E-state index contributed by atoms with van der Waals surface area (Å²) >= 11 is 0. The van der Waals surface area contributed by atoms with Crippen molar-refractivity contribution < 1.29 is 22.7 Å². The number of hydrogen-bond acceptors (Lipinski definition) is 5. The Balaban J connectivity index is 1.99. The second kappa shape index (κ2) is 10.1. The van der Waals surface area contributed by atoms with Crippen LogP contribution in [0.15, 0.2) is 53.4 Å². The van der Waals surface area contributed by atoms with Crippen molar-refractivity contribution in [2.24, 2.45) is 5.92 Å². The fourth-order valence-electron chi connectivity index (χ4n) is 3.99. The van der Waals surface area contributed by atoms with Gasteiger partial charge in [0.15, 0.2) is 0 Å². The first-order valence-electron chi connectivity index (χ1n) is 11.3. The number of carbonyl (C=O) groups excluding carboxylic acids is 2. The first-order valence-corrected chi connectivity index (χ1v) is 12.8. The highest BCUT2D eigenvalue weighted by Gasteiger charge is 2.51. The SMILES string of the molecule is COc1ccc(N2C(=O)CN(S(=O)(=O)c3ccc(C)cc3)C[C@]2(C)C(=O)NCCC(C)C)cc1. The molecule has 1 aliphatic heterocycles. The van der Waals surface area contributed by atoms with Crippen LogP contribution in [0.4, 0.5) is 5.69 Å². The molecule has 0 radical (unpaired) electrons. The van der Waals surface area contributed by atoms with E-state index in [1.165, 1.54) is 17.0 Å². The molecule has 1 heterocycles. The molecule has 8 nitrogen and oxygen atoms in total. The number of nitrogens with one attached hydrogen (secondary N) is 1. The average molecular weight is 488 g/mol. The minimum atomic E-state index is -3.98. The number of rotatable bonds is 8. The number of piperazine rings is 1. The molecule has 1 N–H and O–H groups in total. The molecule has 1 aliphatic rings. The predicted molar refractivity (Wildman–Crippen MR) is 131 cm³/mol. The molecule has 0 saturated carbocycles. The fourth-order valence-corrected chi connectivity index (χ4v) is 5.47. The molecule has 1 atom stereocenters. The molecule has 3 rings (SSSR count). The Labute approximate surface area is 201 Å². The average Bonchev–Trinajstić information content (AvgIpc) is 2.79. The zero-order chi connectivity index (χ0) is 25.1. The third kappa shape index (κ3) is 5.26. The van der Waals surface area contributed by atoms with Crippen LogP contribution in [0.1, 0.15) is 32.8 Å². The van der Waals surface area contributed by atoms with E-state index < -0.39 is 27.4 Å². The van der Waals surface area contributed by atoms with Crippen LogP contribution in [0.5, 0.6) is 5.75 Å². The van der Waals surface area contributed by atoms with Gasteiger partial charge >= 0.3 is 0 Å². The number of ether oxygens (including phenoxy) is 1. The third-order valence-corrected chi connectivity index (χ3v) is 7.83. The van der Waals surface area contributed by atoms with Gasteiger partial charge in [0.1, 0.15) is 11.3 Å². The second-order valence-corrected chi connectivity index (χ2v) is 11.2. The van der Waals surface area contributed by atoms with Gasteiger partial charge in [-0.25, -0.2) is 8.42 Å². The maximum Gasteiger partial charge on any atom is 0.247 e. The highest BCUT2D eigenvalue weighted by atomic mass is 32.2. The van der Waals surface area contributed by atoms with Crippen LogP contribution < -0.4 is 15.0 Å². The lowest BCUT2D eigenvalue weighted by Crippen LogP contribution is -2.70. The molecular formula is C25H33N3O5S. The van der Waals surface area contributed by atoms with Crippen LogP contribution in [-0.2, 0) is 19.6 Å². The number of nitrogens with zero attached hydrogens (tertiary/aromatic N) is 2. The molecule has 2 amide bonds. The lowest BCUT2D eigenvalue weighted by Gasteiger charge is -2.46. The van der Waals surface area contributed by atoms with E-state index >= 15 is 0 Å². The van der Waals surface area contributed by atoms with Gasteiger partial charge in [-0.1, -0.05) is 31.5 Å². The number of sulfonamides is 1. The summed E-state index contributed by atoms with van der Waals surface area (Å²) < 4.78 is 33.1. The molecule has 184 valence electrons. The van der Waals surface area contributed by atoms with Gasteiger partial charge in [0.2, 0.25) is 21.8 Å². The van der Waals surface area contributed by atoms with E-state index in [0.717, 1.165) is 16.3 Å². The molecule has 34 heavy (non-hydrogen) atoms. The fraction of sp³-hybridized carbons (Fsp3) is 0.440. The minimum Gasteiger partial charge on any atom is -0.497 e. The van der Waals surface area contributed by atoms with E-state index in [0.29, 0.717) is 23.9 Å². The van der Waals surface area contributed by atoms with E-state index in [1.54, 1.807) is 50.4 Å². The van der Waals surface area contributed by atoms with Gasteiger partial charge in [-0.15, -0.1) is 0 Å². The Bertz CT molecular complexity index is 1130. The molecule has 1 saturated heterocycles. The maximum absolute atomic E-state index is 13.5. The van der Waals surface area contributed by atoms with Crippen LogP contribution >= 0.6 is 0 Å². The van der Waals surface area contributed by atoms with Crippen molar-refractivity contribution in [1.29, 1.82) is 0 Å². The molecule has 9 heteroatoms. The Morgan fingerprint density at radius 1 is 1.12 bits per heavy atom. The summed E-state index contributed by atoms with van der Waals surface area (Å²) in [6, 6.07) is 13.3. The predicted octanol–water partition coefficient (Wildman–Crippen LogP) is 2.96. The van der Waals surface area contributed by atoms with E-state index in [-0.39, 0.29) is 18.0 Å². The van der Waals surface area contributed by atoms with Crippen LogP contribution in [0.3, 0.4) is 0 Å². The van der Waals surface area contributed by atoms with Gasteiger partial charge < -0.3 is 10.1 Å². The van der Waals surface area contributed by atoms with Crippen molar-refractivity contribution in [3.63, 3.8) is 0 Å². The summed E-state index contributed by atoms with van der Waals surface area (Å²) in [6.07, 6.45) is 0.768. The lowest BCUT2D eigenvalue weighted by atomic mass is 9.94. The largest absolute Gasteiger partial charge is 0.497 e. The second-order valence-electron chi connectivity index (χ2n) is 9.23. The van der Waals surface area contributed by atoms with E-state index in [4.69, 9.17) is 4.74 Å². The molecule has 1 fully saturated rings. The van der Waals surface area contributed by atoms with Gasteiger partial charge in [0.25, 0.3) is 0 Å². The van der Waals surface area contributed by atoms with Crippen molar-refractivity contribution in [2.75, 3.05) is 31.6 Å². The summed E-state index contributed by atoms with van der Waals surface area (Å²) in [5.74, 6) is 0.117. The van der Waals surface area contributed by atoms with Crippen molar-refractivity contribution in [3.8, 4) is 5.75 Å². The number of carbonyl (C=O) groups is 2. The monoisotopic (exact) mass is 487 g/mol. The van der Waals surface area contributed by atoms with Gasteiger partial charge in [-0.05, 0) is 62.6 Å². The molecular weight excluding hydrogens is 454 g/mol. The van der Waals surface area contributed by atoms with Gasteiger partial charge in [0.05, 0.1) is 18.6 Å². The number of anilines is 1. The molecule has 2 aromatic carbocycles. The first kappa shape index (κ1) is 25.7. The standard InChI is InChI=1S/C25H33N3O5S/c1-18(2)14-15-26-24(30)25(4)17-27(34(31,32)22-12-6-19(3)7-13-22)16-23(29)28(25)20-8-10-21(33-5)11-9-20/h6-13,18H,14-17H2,1-5H3,(H,26,30)/t25-/m1/s1. The number of aryl methyl sites for hydroxylation is 1.